The summed E-state index contributed by atoms with van der Waals surface area (Å²) in [6.45, 7) is 6.45. The molecule has 0 fully saturated rings. The van der Waals surface area contributed by atoms with Gasteiger partial charge in [0.15, 0.2) is 11.2 Å². The molecule has 0 bridgehead atoms. The van der Waals surface area contributed by atoms with Gasteiger partial charge in [-0.1, -0.05) is 24.6 Å². The second kappa shape index (κ2) is 6.88. The van der Waals surface area contributed by atoms with Crippen LogP contribution in [0.4, 0.5) is 4.39 Å². The first kappa shape index (κ1) is 19.4. The molecule has 0 saturated heterocycles. The van der Waals surface area contributed by atoms with Crippen molar-refractivity contribution in [1.82, 2.24) is 23.1 Å². The van der Waals surface area contributed by atoms with Crippen LogP contribution in [0.1, 0.15) is 30.3 Å². The molecule has 0 atom stereocenters. The fraction of sp³-hybridized carbons (Fsp3) is 0.350. The average molecular weight is 418 g/mol. The quantitative estimate of drug-likeness (QED) is 0.512. The number of fused-ring (bicyclic) bond motifs is 3. The van der Waals surface area contributed by atoms with Crippen LogP contribution in [0.15, 0.2) is 27.8 Å². The normalized spacial score (nSPS) is 11.8. The molecular weight excluding hydrogens is 397 g/mol. The Morgan fingerprint density at radius 1 is 1.14 bits per heavy atom. The van der Waals surface area contributed by atoms with Crippen molar-refractivity contribution in [2.45, 2.75) is 40.3 Å². The minimum atomic E-state index is -0.570. The molecule has 1 aromatic carbocycles. The highest BCUT2D eigenvalue weighted by molar-refractivity contribution is 6.31. The number of aryl methyl sites for hydroxylation is 3. The van der Waals surface area contributed by atoms with Crippen molar-refractivity contribution in [1.29, 1.82) is 0 Å². The number of benzene rings is 1. The highest BCUT2D eigenvalue weighted by Crippen LogP contribution is 2.22. The molecule has 3 heterocycles. The van der Waals surface area contributed by atoms with E-state index in [0.29, 0.717) is 16.9 Å². The van der Waals surface area contributed by atoms with Crippen LogP contribution in [0, 0.1) is 19.7 Å². The molecule has 0 aliphatic rings. The number of hydrogen-bond donors (Lipinski definition) is 0. The maximum Gasteiger partial charge on any atom is 0.332 e. The van der Waals surface area contributed by atoms with Gasteiger partial charge in [-0.05, 0) is 32.4 Å². The molecule has 9 heteroatoms. The van der Waals surface area contributed by atoms with Gasteiger partial charge in [-0.2, -0.15) is 4.98 Å². The number of rotatable bonds is 4. The summed E-state index contributed by atoms with van der Waals surface area (Å²) in [4.78, 5) is 30.8. The van der Waals surface area contributed by atoms with E-state index in [2.05, 4.69) is 11.9 Å². The van der Waals surface area contributed by atoms with Gasteiger partial charge in [0.05, 0.1) is 6.54 Å². The Kier molecular flexibility index (Phi) is 4.61. The molecule has 4 rings (SSSR count). The van der Waals surface area contributed by atoms with E-state index in [9.17, 15) is 14.0 Å². The second-order valence-corrected chi connectivity index (χ2v) is 7.58. The van der Waals surface area contributed by atoms with Crippen molar-refractivity contribution in [2.75, 3.05) is 0 Å². The highest BCUT2D eigenvalue weighted by Gasteiger charge is 2.23. The Labute approximate surface area is 170 Å². The third kappa shape index (κ3) is 2.73. The Morgan fingerprint density at radius 3 is 2.52 bits per heavy atom. The average Bonchev–Trinajstić information content (AvgIpc) is 3.18. The van der Waals surface area contributed by atoms with Gasteiger partial charge in [0.2, 0.25) is 5.78 Å². The van der Waals surface area contributed by atoms with Crippen LogP contribution < -0.4 is 11.2 Å². The van der Waals surface area contributed by atoms with E-state index in [1.165, 1.54) is 22.8 Å². The first-order valence-electron chi connectivity index (χ1n) is 9.38. The third-order valence-corrected chi connectivity index (χ3v) is 5.81. The molecule has 0 aliphatic heterocycles. The molecule has 0 aliphatic carbocycles. The Bertz CT molecular complexity index is 1370. The van der Waals surface area contributed by atoms with E-state index in [0.717, 1.165) is 28.9 Å². The van der Waals surface area contributed by atoms with Gasteiger partial charge in [-0.3, -0.25) is 18.3 Å². The summed E-state index contributed by atoms with van der Waals surface area (Å²) in [5.74, 6) is 0.0525. The molecule has 0 unspecified atom stereocenters. The van der Waals surface area contributed by atoms with Crippen molar-refractivity contribution in [3.8, 4) is 0 Å². The highest BCUT2D eigenvalue weighted by atomic mass is 35.5. The molecule has 3 aromatic heterocycles. The second-order valence-electron chi connectivity index (χ2n) is 7.17. The Morgan fingerprint density at radius 2 is 1.86 bits per heavy atom. The fourth-order valence-electron chi connectivity index (χ4n) is 3.79. The third-order valence-electron chi connectivity index (χ3n) is 5.46. The summed E-state index contributed by atoms with van der Waals surface area (Å²) in [5, 5.41) is 0.165. The summed E-state index contributed by atoms with van der Waals surface area (Å²) in [5.41, 5.74) is 1.50. The molecule has 29 heavy (non-hydrogen) atoms. The molecule has 0 saturated carbocycles. The Balaban J connectivity index is 2.08. The lowest BCUT2D eigenvalue weighted by Crippen LogP contribution is -2.40. The van der Waals surface area contributed by atoms with Crippen molar-refractivity contribution in [2.24, 2.45) is 7.05 Å². The van der Waals surface area contributed by atoms with Crippen molar-refractivity contribution in [3.05, 3.63) is 66.8 Å². The molecule has 152 valence electrons. The van der Waals surface area contributed by atoms with Crippen LogP contribution in [0.5, 0.6) is 0 Å². The van der Waals surface area contributed by atoms with E-state index >= 15 is 0 Å². The van der Waals surface area contributed by atoms with Crippen molar-refractivity contribution in [3.63, 3.8) is 0 Å². The van der Waals surface area contributed by atoms with Gasteiger partial charge in [-0.15, -0.1) is 0 Å². The summed E-state index contributed by atoms with van der Waals surface area (Å²) >= 11 is 6.12. The number of aromatic nitrogens is 5. The van der Waals surface area contributed by atoms with Gasteiger partial charge < -0.3 is 4.57 Å². The molecule has 4 aromatic rings. The molecule has 0 N–H and O–H groups in total. The fourth-order valence-corrected chi connectivity index (χ4v) is 4.01. The molecule has 0 radical (unpaired) electrons. The monoisotopic (exact) mass is 417 g/mol. The van der Waals surface area contributed by atoms with Crippen molar-refractivity contribution < 1.29 is 4.39 Å². The molecular formula is C20H21ClFN5O2. The molecule has 0 amide bonds. The maximum absolute atomic E-state index is 14.3. The van der Waals surface area contributed by atoms with E-state index < -0.39 is 17.1 Å². The number of halogens is 2. The van der Waals surface area contributed by atoms with E-state index in [-0.39, 0.29) is 17.1 Å². The predicted octanol–water partition coefficient (Wildman–Crippen LogP) is 3.02. The SMILES string of the molecule is CCCn1c(C)c(C)n2c3c(=O)n(Cc4c(F)cccc4Cl)c(=O)n(C)c3nc12. The summed E-state index contributed by atoms with van der Waals surface area (Å²) in [7, 11) is 1.56. The van der Waals surface area contributed by atoms with Crippen LogP contribution in [0.2, 0.25) is 5.02 Å². The van der Waals surface area contributed by atoms with Crippen LogP contribution >= 0.6 is 11.6 Å². The lowest BCUT2D eigenvalue weighted by Gasteiger charge is -2.10. The predicted molar refractivity (Wildman–Crippen MR) is 110 cm³/mol. The first-order chi connectivity index (χ1) is 13.8. The topological polar surface area (TPSA) is 66.2 Å². The smallest absolute Gasteiger partial charge is 0.314 e. The van der Waals surface area contributed by atoms with E-state index in [1.54, 1.807) is 11.4 Å². The molecule has 0 spiro atoms. The van der Waals surface area contributed by atoms with Crippen LogP contribution in [-0.4, -0.2) is 23.1 Å². The van der Waals surface area contributed by atoms with Crippen molar-refractivity contribution >= 4 is 28.5 Å². The van der Waals surface area contributed by atoms with E-state index in [1.807, 2.05) is 18.4 Å². The van der Waals surface area contributed by atoms with Gasteiger partial charge in [0.25, 0.3) is 5.56 Å². The Hall–Kier alpha value is -2.87. The zero-order chi connectivity index (χ0) is 21.0. The largest absolute Gasteiger partial charge is 0.332 e. The summed E-state index contributed by atoms with van der Waals surface area (Å²) in [6.07, 6.45) is 0.906. The van der Waals surface area contributed by atoms with Gasteiger partial charge in [0, 0.05) is 35.6 Å². The van der Waals surface area contributed by atoms with Crippen LogP contribution in [-0.2, 0) is 20.1 Å². The number of hydrogen-bond acceptors (Lipinski definition) is 3. The maximum atomic E-state index is 14.3. The summed E-state index contributed by atoms with van der Waals surface area (Å²) in [6, 6.07) is 4.27. The lowest BCUT2D eigenvalue weighted by molar-refractivity contribution is 0.582. The van der Waals surface area contributed by atoms with Crippen LogP contribution in [0.25, 0.3) is 16.9 Å². The molecule has 7 nitrogen and oxygen atoms in total. The standard InChI is InChI=1S/C20H21ClFN5O2/c1-5-9-25-11(2)12(3)27-16-17(23-19(25)27)24(4)20(29)26(18(16)28)10-13-14(21)7-6-8-15(13)22/h6-8H,5,9-10H2,1-4H3. The van der Waals surface area contributed by atoms with E-state index in [4.69, 9.17) is 11.6 Å². The minimum Gasteiger partial charge on any atom is -0.314 e. The lowest BCUT2D eigenvalue weighted by atomic mass is 10.2. The van der Waals surface area contributed by atoms with Crippen LogP contribution in [0.3, 0.4) is 0 Å². The van der Waals surface area contributed by atoms with Gasteiger partial charge >= 0.3 is 5.69 Å². The zero-order valence-corrected chi connectivity index (χ0v) is 17.4. The number of nitrogens with zero attached hydrogens (tertiary/aromatic N) is 5. The zero-order valence-electron chi connectivity index (χ0n) is 16.7. The summed E-state index contributed by atoms with van der Waals surface area (Å²) < 4.78 is 20.4. The number of imidazole rings is 2. The van der Waals surface area contributed by atoms with Gasteiger partial charge in [-0.25, -0.2) is 9.18 Å². The minimum absolute atomic E-state index is 0.102. The first-order valence-corrected chi connectivity index (χ1v) is 9.76. The van der Waals surface area contributed by atoms with Gasteiger partial charge in [0.1, 0.15) is 5.82 Å².